The molecular formula is C13H17BrO2. The van der Waals surface area contributed by atoms with Gasteiger partial charge in [-0.25, -0.2) is 0 Å². The van der Waals surface area contributed by atoms with Gasteiger partial charge in [0.2, 0.25) is 0 Å². The third kappa shape index (κ3) is 5.33. The zero-order chi connectivity index (χ0) is 11.8. The van der Waals surface area contributed by atoms with Crippen molar-refractivity contribution < 1.29 is 9.47 Å². The fourth-order valence-corrected chi connectivity index (χ4v) is 1.43. The molecule has 1 aromatic carbocycles. The van der Waals surface area contributed by atoms with Gasteiger partial charge in [-0.15, -0.1) is 0 Å². The molecule has 0 aromatic heterocycles. The van der Waals surface area contributed by atoms with E-state index >= 15 is 0 Å². The Labute approximate surface area is 105 Å². The number of alkyl halides is 1. The Kier molecular flexibility index (Phi) is 6.19. The number of hydrogen-bond acceptors (Lipinski definition) is 2. The van der Waals surface area contributed by atoms with Gasteiger partial charge in [0.1, 0.15) is 5.75 Å². The number of halogens is 1. The predicted molar refractivity (Wildman–Crippen MR) is 70.2 cm³/mol. The molecule has 0 N–H and O–H groups in total. The van der Waals surface area contributed by atoms with Crippen LogP contribution in [0.4, 0.5) is 0 Å². The molecule has 0 aliphatic carbocycles. The van der Waals surface area contributed by atoms with Crippen molar-refractivity contribution in [3.05, 3.63) is 42.0 Å². The Morgan fingerprint density at radius 3 is 2.56 bits per heavy atom. The largest absolute Gasteiger partial charge is 0.497 e. The van der Waals surface area contributed by atoms with Gasteiger partial charge in [-0.2, -0.15) is 0 Å². The molecule has 88 valence electrons. The van der Waals surface area contributed by atoms with Crippen molar-refractivity contribution in [2.75, 3.05) is 13.7 Å². The van der Waals surface area contributed by atoms with Crippen LogP contribution >= 0.6 is 15.9 Å². The highest BCUT2D eigenvalue weighted by Gasteiger charge is 1.93. The molecule has 1 aromatic rings. The van der Waals surface area contributed by atoms with Gasteiger partial charge in [0.15, 0.2) is 0 Å². The van der Waals surface area contributed by atoms with Crippen LogP contribution < -0.4 is 4.74 Å². The first-order valence-corrected chi connectivity index (χ1v) is 6.15. The number of hydrogen-bond donors (Lipinski definition) is 0. The molecule has 0 spiro atoms. The second-order valence-electron chi connectivity index (χ2n) is 3.47. The van der Waals surface area contributed by atoms with E-state index < -0.39 is 0 Å². The summed E-state index contributed by atoms with van der Waals surface area (Å²) in [6, 6.07) is 7.90. The van der Waals surface area contributed by atoms with Crippen molar-refractivity contribution >= 4 is 15.9 Å². The van der Waals surface area contributed by atoms with E-state index in [4.69, 9.17) is 9.47 Å². The third-order valence-electron chi connectivity index (χ3n) is 2.04. The Balaban J connectivity index is 2.26. The molecule has 0 heterocycles. The van der Waals surface area contributed by atoms with E-state index in [1.165, 1.54) is 0 Å². The van der Waals surface area contributed by atoms with Crippen molar-refractivity contribution in [2.24, 2.45) is 0 Å². The highest BCUT2D eigenvalue weighted by Crippen LogP contribution is 2.11. The standard InChI is InChI=1S/C13H17BrO2/c1-11(14)4-3-9-16-10-12-5-7-13(15-2)8-6-12/h3-8,11H,9-10H2,1-2H3/b4-3+. The van der Waals surface area contributed by atoms with Crippen LogP contribution in [0.2, 0.25) is 0 Å². The molecule has 3 heteroatoms. The SMILES string of the molecule is COc1ccc(COC/C=C/C(C)Br)cc1. The van der Waals surface area contributed by atoms with E-state index in [9.17, 15) is 0 Å². The lowest BCUT2D eigenvalue weighted by molar-refractivity contribution is 0.148. The molecule has 2 nitrogen and oxygen atoms in total. The molecule has 0 amide bonds. The van der Waals surface area contributed by atoms with Crippen LogP contribution in [0.1, 0.15) is 12.5 Å². The van der Waals surface area contributed by atoms with Crippen LogP contribution in [0.3, 0.4) is 0 Å². The number of ether oxygens (including phenoxy) is 2. The molecule has 0 saturated heterocycles. The van der Waals surface area contributed by atoms with Crippen LogP contribution in [-0.2, 0) is 11.3 Å². The molecule has 0 radical (unpaired) electrons. The maximum Gasteiger partial charge on any atom is 0.118 e. The second-order valence-corrected chi connectivity index (χ2v) is 4.91. The summed E-state index contributed by atoms with van der Waals surface area (Å²) in [6.45, 7) is 3.34. The summed E-state index contributed by atoms with van der Waals surface area (Å²) in [5.41, 5.74) is 1.15. The van der Waals surface area contributed by atoms with Crippen LogP contribution in [0.15, 0.2) is 36.4 Å². The Hall–Kier alpha value is -0.800. The molecular weight excluding hydrogens is 268 g/mol. The summed E-state index contributed by atoms with van der Waals surface area (Å²) >= 11 is 3.43. The van der Waals surface area contributed by atoms with Crippen LogP contribution in [-0.4, -0.2) is 18.5 Å². The first kappa shape index (κ1) is 13.3. The van der Waals surface area contributed by atoms with E-state index in [-0.39, 0.29) is 0 Å². The lowest BCUT2D eigenvalue weighted by Crippen LogP contribution is -1.93. The molecule has 16 heavy (non-hydrogen) atoms. The van der Waals surface area contributed by atoms with Crippen molar-refractivity contribution in [3.63, 3.8) is 0 Å². The van der Waals surface area contributed by atoms with Crippen molar-refractivity contribution in [3.8, 4) is 5.75 Å². The molecule has 0 bridgehead atoms. The summed E-state index contributed by atoms with van der Waals surface area (Å²) in [5.74, 6) is 0.872. The van der Waals surface area contributed by atoms with Crippen molar-refractivity contribution in [2.45, 2.75) is 18.4 Å². The van der Waals surface area contributed by atoms with Gasteiger partial charge in [0, 0.05) is 4.83 Å². The van der Waals surface area contributed by atoms with E-state index in [0.29, 0.717) is 18.0 Å². The molecule has 0 aliphatic rings. The zero-order valence-electron chi connectivity index (χ0n) is 9.65. The minimum atomic E-state index is 0.400. The number of methoxy groups -OCH3 is 1. The monoisotopic (exact) mass is 284 g/mol. The van der Waals surface area contributed by atoms with Crippen LogP contribution in [0.25, 0.3) is 0 Å². The Morgan fingerprint density at radius 2 is 2.00 bits per heavy atom. The summed E-state index contributed by atoms with van der Waals surface area (Å²) in [6.07, 6.45) is 4.08. The quantitative estimate of drug-likeness (QED) is 0.452. The van der Waals surface area contributed by atoms with E-state index in [0.717, 1.165) is 11.3 Å². The minimum Gasteiger partial charge on any atom is -0.497 e. The minimum absolute atomic E-state index is 0.400. The van der Waals surface area contributed by atoms with E-state index in [1.807, 2.05) is 30.3 Å². The molecule has 1 rings (SSSR count). The smallest absolute Gasteiger partial charge is 0.118 e. The average molecular weight is 285 g/mol. The van der Waals surface area contributed by atoms with Crippen molar-refractivity contribution in [1.82, 2.24) is 0 Å². The first-order chi connectivity index (χ1) is 7.72. The molecule has 1 atom stereocenters. The van der Waals surface area contributed by atoms with Gasteiger partial charge >= 0.3 is 0 Å². The normalized spacial score (nSPS) is 12.9. The summed E-state index contributed by atoms with van der Waals surface area (Å²) in [7, 11) is 1.66. The number of allylic oxidation sites excluding steroid dienone is 1. The van der Waals surface area contributed by atoms with Crippen LogP contribution in [0.5, 0.6) is 5.75 Å². The van der Waals surface area contributed by atoms with Crippen LogP contribution in [0, 0.1) is 0 Å². The fourth-order valence-electron chi connectivity index (χ4n) is 1.21. The van der Waals surface area contributed by atoms with Gasteiger partial charge < -0.3 is 9.47 Å². The second kappa shape index (κ2) is 7.47. The summed E-state index contributed by atoms with van der Waals surface area (Å²) < 4.78 is 10.6. The fraction of sp³-hybridized carbons (Fsp3) is 0.385. The van der Waals surface area contributed by atoms with Gasteiger partial charge in [0.25, 0.3) is 0 Å². The van der Waals surface area contributed by atoms with E-state index in [1.54, 1.807) is 7.11 Å². The molecule has 0 saturated carbocycles. The molecule has 0 fully saturated rings. The average Bonchev–Trinajstić information content (AvgIpc) is 2.29. The first-order valence-electron chi connectivity index (χ1n) is 5.24. The Morgan fingerprint density at radius 1 is 1.31 bits per heavy atom. The lowest BCUT2D eigenvalue weighted by Gasteiger charge is -2.03. The summed E-state index contributed by atoms with van der Waals surface area (Å²) in [4.78, 5) is 0.400. The zero-order valence-corrected chi connectivity index (χ0v) is 11.2. The summed E-state index contributed by atoms with van der Waals surface area (Å²) in [5, 5.41) is 0. The van der Waals surface area contributed by atoms with Gasteiger partial charge in [-0.1, -0.05) is 40.2 Å². The van der Waals surface area contributed by atoms with E-state index in [2.05, 4.69) is 28.9 Å². The maximum absolute atomic E-state index is 5.50. The highest BCUT2D eigenvalue weighted by molar-refractivity contribution is 9.09. The molecule has 0 aliphatic heterocycles. The molecule has 1 unspecified atom stereocenters. The van der Waals surface area contributed by atoms with Gasteiger partial charge in [-0.05, 0) is 24.6 Å². The van der Waals surface area contributed by atoms with Gasteiger partial charge in [0.05, 0.1) is 20.3 Å². The topological polar surface area (TPSA) is 18.5 Å². The van der Waals surface area contributed by atoms with Gasteiger partial charge in [-0.3, -0.25) is 0 Å². The van der Waals surface area contributed by atoms with Crippen molar-refractivity contribution in [1.29, 1.82) is 0 Å². The predicted octanol–water partition coefficient (Wildman–Crippen LogP) is 3.55. The third-order valence-corrected chi connectivity index (χ3v) is 2.35. The maximum atomic E-state index is 5.50. The number of rotatable bonds is 6. The highest BCUT2D eigenvalue weighted by atomic mass is 79.9. The number of benzene rings is 1. The lowest BCUT2D eigenvalue weighted by atomic mass is 10.2. The Bertz CT molecular complexity index is 317.